The summed E-state index contributed by atoms with van der Waals surface area (Å²) in [7, 11) is -1.49. The Morgan fingerprint density at radius 2 is 1.93 bits per heavy atom. The van der Waals surface area contributed by atoms with Gasteiger partial charge in [0.15, 0.2) is 11.0 Å². The number of pyridine rings is 1. The Labute approximate surface area is 177 Å². The lowest BCUT2D eigenvalue weighted by Crippen LogP contribution is -2.16. The molecule has 5 rings (SSSR count). The Morgan fingerprint density at radius 1 is 1.10 bits per heavy atom. The van der Waals surface area contributed by atoms with Crippen molar-refractivity contribution in [3.63, 3.8) is 0 Å². The number of aromatic nitrogens is 1. The van der Waals surface area contributed by atoms with Gasteiger partial charge in [0.1, 0.15) is 11.9 Å². The molecule has 0 spiro atoms. The van der Waals surface area contributed by atoms with Crippen LogP contribution in [0.5, 0.6) is 5.75 Å². The molecule has 1 aliphatic heterocycles. The summed E-state index contributed by atoms with van der Waals surface area (Å²) in [6.07, 6.45) is 7.03. The number of amides is 1. The molecule has 2 atom stereocenters. The highest BCUT2D eigenvalue weighted by Crippen LogP contribution is 2.40. The number of aryl methyl sites for hydroxylation is 1. The van der Waals surface area contributed by atoms with E-state index in [1.807, 2.05) is 36.7 Å². The number of hydrogen-bond acceptors (Lipinski definition) is 4. The van der Waals surface area contributed by atoms with Crippen molar-refractivity contribution in [3.8, 4) is 16.9 Å². The summed E-state index contributed by atoms with van der Waals surface area (Å²) in [5, 5.41) is 0. The zero-order valence-electron chi connectivity index (χ0n) is 16.4. The maximum absolute atomic E-state index is 11.9. The highest BCUT2D eigenvalue weighted by Gasteiger charge is 2.27. The molecule has 1 aromatic heterocycles. The fourth-order valence-electron chi connectivity index (χ4n) is 4.11. The van der Waals surface area contributed by atoms with Crippen LogP contribution in [0.2, 0.25) is 0 Å². The second-order valence-electron chi connectivity index (χ2n) is 7.54. The van der Waals surface area contributed by atoms with Crippen molar-refractivity contribution in [1.29, 1.82) is 0 Å². The third kappa shape index (κ3) is 3.44. The maximum Gasteiger partial charge on any atom is 0.257 e. The number of rotatable bonds is 4. The van der Waals surface area contributed by atoms with Crippen LogP contribution in [0.1, 0.15) is 34.8 Å². The first-order chi connectivity index (χ1) is 14.6. The first kappa shape index (κ1) is 18.8. The second kappa shape index (κ2) is 7.54. The van der Waals surface area contributed by atoms with Gasteiger partial charge in [0.25, 0.3) is 5.91 Å². The van der Waals surface area contributed by atoms with Crippen molar-refractivity contribution in [2.24, 2.45) is 0 Å². The van der Waals surface area contributed by atoms with E-state index in [9.17, 15) is 9.00 Å². The average Bonchev–Trinajstić information content (AvgIpc) is 3.31. The number of fused-ring (bicyclic) bond motifs is 1. The highest BCUT2D eigenvalue weighted by molar-refractivity contribution is 7.93. The van der Waals surface area contributed by atoms with E-state index in [0.717, 1.165) is 35.3 Å². The molecular weight excluding hydrogens is 396 g/mol. The van der Waals surface area contributed by atoms with E-state index in [1.165, 1.54) is 22.8 Å². The monoisotopic (exact) mass is 416 g/mol. The lowest BCUT2D eigenvalue weighted by Gasteiger charge is -2.16. The van der Waals surface area contributed by atoms with Gasteiger partial charge in [-0.05, 0) is 65.8 Å². The first-order valence-corrected chi connectivity index (χ1v) is 11.0. The predicted molar refractivity (Wildman–Crippen MR) is 117 cm³/mol. The third-order valence-electron chi connectivity index (χ3n) is 5.47. The summed E-state index contributed by atoms with van der Waals surface area (Å²) in [4.78, 5) is 16.2. The lowest BCUT2D eigenvalue weighted by atomic mass is 9.97. The number of nitrogens with zero attached hydrogens (tertiary/aromatic N) is 1. The largest absolute Gasteiger partial charge is 0.486 e. The summed E-state index contributed by atoms with van der Waals surface area (Å²) in [5.74, 6) is 0.425. The SMILES string of the molecule is Cc1cncc(-c2cccc3c2CC[C@H]3Oc2ccc(C3=CC(=O)NS3=O)cc2)c1. The van der Waals surface area contributed by atoms with Crippen molar-refractivity contribution in [2.45, 2.75) is 25.9 Å². The van der Waals surface area contributed by atoms with Crippen LogP contribution in [0, 0.1) is 6.92 Å². The van der Waals surface area contributed by atoms with Crippen LogP contribution in [0.25, 0.3) is 16.0 Å². The standard InChI is InChI=1S/C24H20N2O3S/c1-15-11-17(14-25-13-15)19-3-2-4-21-20(19)9-10-22(21)29-18-7-5-16(6-8-18)23-12-24(27)26-30(23)28/h2-8,11-14,22H,9-10H2,1H3,(H,26,27)/t22-,30?/m1/s1. The van der Waals surface area contributed by atoms with E-state index >= 15 is 0 Å². The van der Waals surface area contributed by atoms with Crippen LogP contribution >= 0.6 is 0 Å². The molecule has 2 heterocycles. The van der Waals surface area contributed by atoms with Crippen LogP contribution in [0.3, 0.4) is 0 Å². The van der Waals surface area contributed by atoms with E-state index in [4.69, 9.17) is 4.74 Å². The van der Waals surface area contributed by atoms with Gasteiger partial charge in [0.2, 0.25) is 0 Å². The van der Waals surface area contributed by atoms with E-state index < -0.39 is 11.0 Å². The Kier molecular flexibility index (Phi) is 4.71. The molecule has 3 aromatic rings. The van der Waals surface area contributed by atoms with Gasteiger partial charge in [-0.3, -0.25) is 14.5 Å². The quantitative estimate of drug-likeness (QED) is 0.690. The average molecular weight is 417 g/mol. The molecular formula is C24H20N2O3S. The first-order valence-electron chi connectivity index (χ1n) is 9.83. The number of nitrogens with one attached hydrogen (secondary N) is 1. The van der Waals surface area contributed by atoms with E-state index in [2.05, 4.69) is 40.9 Å². The molecule has 1 amide bonds. The molecule has 2 aromatic carbocycles. The zero-order valence-corrected chi connectivity index (χ0v) is 17.2. The molecule has 150 valence electrons. The number of hydrogen-bond donors (Lipinski definition) is 1. The van der Waals surface area contributed by atoms with Gasteiger partial charge in [-0.2, -0.15) is 0 Å². The summed E-state index contributed by atoms with van der Waals surface area (Å²) in [6.45, 7) is 2.05. The minimum atomic E-state index is -1.49. The van der Waals surface area contributed by atoms with Gasteiger partial charge >= 0.3 is 0 Å². The van der Waals surface area contributed by atoms with E-state index in [-0.39, 0.29) is 12.0 Å². The number of ether oxygens (including phenoxy) is 1. The highest BCUT2D eigenvalue weighted by atomic mass is 32.2. The fourth-order valence-corrected chi connectivity index (χ4v) is 5.03. The normalized spacial score (nSPS) is 19.9. The van der Waals surface area contributed by atoms with Gasteiger partial charge in [-0.1, -0.05) is 30.3 Å². The fraction of sp³-hybridized carbons (Fsp3) is 0.167. The van der Waals surface area contributed by atoms with Crippen molar-refractivity contribution in [1.82, 2.24) is 9.71 Å². The smallest absolute Gasteiger partial charge is 0.257 e. The lowest BCUT2D eigenvalue weighted by molar-refractivity contribution is -0.114. The van der Waals surface area contributed by atoms with Gasteiger partial charge in [0, 0.05) is 24.0 Å². The van der Waals surface area contributed by atoms with Crippen molar-refractivity contribution in [2.75, 3.05) is 0 Å². The molecule has 1 aliphatic carbocycles. The van der Waals surface area contributed by atoms with Crippen LogP contribution in [0.4, 0.5) is 0 Å². The van der Waals surface area contributed by atoms with Crippen molar-refractivity contribution < 1.29 is 13.7 Å². The minimum absolute atomic E-state index is 0.00774. The number of carbonyl (C=O) groups excluding carboxylic acids is 1. The Balaban J connectivity index is 1.38. The summed E-state index contributed by atoms with van der Waals surface area (Å²) < 4.78 is 20.6. The summed E-state index contributed by atoms with van der Waals surface area (Å²) in [5.41, 5.74) is 6.79. The molecule has 0 saturated heterocycles. The van der Waals surface area contributed by atoms with Gasteiger partial charge in [0.05, 0.1) is 4.91 Å². The molecule has 0 radical (unpaired) electrons. The Morgan fingerprint density at radius 3 is 2.67 bits per heavy atom. The third-order valence-corrected chi connectivity index (χ3v) is 6.61. The molecule has 2 aliphatic rings. The molecule has 1 N–H and O–H groups in total. The Hall–Kier alpha value is -3.25. The molecule has 0 fully saturated rings. The van der Waals surface area contributed by atoms with E-state index in [0.29, 0.717) is 4.91 Å². The Bertz CT molecular complexity index is 1200. The summed E-state index contributed by atoms with van der Waals surface area (Å²) >= 11 is 0. The van der Waals surface area contributed by atoms with Crippen LogP contribution in [-0.4, -0.2) is 15.1 Å². The molecule has 6 heteroatoms. The minimum Gasteiger partial charge on any atom is -0.486 e. The molecule has 5 nitrogen and oxygen atoms in total. The van der Waals surface area contributed by atoms with Crippen molar-refractivity contribution >= 4 is 21.8 Å². The van der Waals surface area contributed by atoms with Crippen LogP contribution < -0.4 is 9.46 Å². The summed E-state index contributed by atoms with van der Waals surface area (Å²) in [6, 6.07) is 15.9. The van der Waals surface area contributed by atoms with Crippen LogP contribution in [-0.2, 0) is 22.2 Å². The van der Waals surface area contributed by atoms with Gasteiger partial charge < -0.3 is 4.74 Å². The van der Waals surface area contributed by atoms with Gasteiger partial charge in [-0.15, -0.1) is 0 Å². The second-order valence-corrected chi connectivity index (χ2v) is 8.72. The van der Waals surface area contributed by atoms with Crippen LogP contribution in [0.15, 0.2) is 67.0 Å². The zero-order chi connectivity index (χ0) is 20.7. The predicted octanol–water partition coefficient (Wildman–Crippen LogP) is 4.26. The molecule has 0 bridgehead atoms. The molecule has 30 heavy (non-hydrogen) atoms. The van der Waals surface area contributed by atoms with E-state index in [1.54, 1.807) is 0 Å². The number of carbonyl (C=O) groups is 1. The van der Waals surface area contributed by atoms with Gasteiger partial charge in [-0.25, -0.2) is 4.21 Å². The molecule has 1 unspecified atom stereocenters. The van der Waals surface area contributed by atoms with Crippen molar-refractivity contribution in [3.05, 3.63) is 89.3 Å². The maximum atomic E-state index is 11.9. The topological polar surface area (TPSA) is 68.3 Å². The number of benzene rings is 2. The molecule has 0 saturated carbocycles.